The third-order valence-corrected chi connectivity index (χ3v) is 2.94. The molecule has 0 aliphatic rings. The molecule has 0 spiro atoms. The molecule has 1 aromatic heterocycles. The average molecular weight is 329 g/mol. The molecule has 0 bridgehead atoms. The normalized spacial score (nSPS) is 11.3. The lowest BCUT2D eigenvalue weighted by Gasteiger charge is -2.09. The molecule has 1 aromatic carbocycles. The van der Waals surface area contributed by atoms with Crippen molar-refractivity contribution >= 4 is 5.91 Å². The van der Waals surface area contributed by atoms with Gasteiger partial charge < -0.3 is 14.6 Å². The molecule has 0 atom stereocenters. The molecule has 0 fully saturated rings. The zero-order valence-corrected chi connectivity index (χ0v) is 12.4. The summed E-state index contributed by atoms with van der Waals surface area (Å²) in [5, 5.41) is 5.79. The van der Waals surface area contributed by atoms with E-state index < -0.39 is 18.0 Å². The van der Waals surface area contributed by atoms with Gasteiger partial charge in [0.25, 0.3) is 5.91 Å². The number of alkyl halides is 3. The lowest BCUT2D eigenvalue weighted by atomic mass is 10.1. The first kappa shape index (κ1) is 16.8. The number of methoxy groups -OCH3 is 1. The molecule has 0 radical (unpaired) electrons. The highest BCUT2D eigenvalue weighted by Crippen LogP contribution is 2.27. The van der Waals surface area contributed by atoms with Gasteiger partial charge in [-0.2, -0.15) is 18.2 Å². The van der Waals surface area contributed by atoms with Crippen LogP contribution in [0, 0.1) is 6.92 Å². The predicted octanol–water partition coefficient (Wildman–Crippen LogP) is 2.38. The number of carbonyl (C=O) groups excluding carboxylic acids is 1. The van der Waals surface area contributed by atoms with Crippen molar-refractivity contribution in [3.63, 3.8) is 0 Å². The van der Waals surface area contributed by atoms with Crippen LogP contribution in [0.25, 0.3) is 0 Å². The van der Waals surface area contributed by atoms with Gasteiger partial charge in [-0.15, -0.1) is 0 Å². The molecular weight excluding hydrogens is 315 g/mol. The Morgan fingerprint density at radius 1 is 1.39 bits per heavy atom. The first-order chi connectivity index (χ1) is 10.8. The van der Waals surface area contributed by atoms with Crippen LogP contribution < -0.4 is 10.1 Å². The van der Waals surface area contributed by atoms with Crippen molar-refractivity contribution in [3.8, 4) is 5.75 Å². The van der Waals surface area contributed by atoms with Crippen LogP contribution in [0.4, 0.5) is 13.2 Å². The third-order valence-electron chi connectivity index (χ3n) is 2.94. The number of amides is 1. The van der Waals surface area contributed by atoms with Crippen molar-refractivity contribution in [1.29, 1.82) is 0 Å². The number of carbonyl (C=O) groups is 1. The molecule has 6 nitrogen and oxygen atoms in total. The summed E-state index contributed by atoms with van der Waals surface area (Å²) in [6.07, 6.45) is -4.66. The number of ether oxygens (including phenoxy) is 1. The summed E-state index contributed by atoms with van der Waals surface area (Å²) in [5.74, 6) is -1.52. The Kier molecular flexibility index (Phi) is 4.87. The fraction of sp³-hybridized carbons (Fsp3) is 0.357. The van der Waals surface area contributed by atoms with E-state index in [4.69, 9.17) is 4.74 Å². The lowest BCUT2D eigenvalue weighted by Crippen LogP contribution is -2.26. The quantitative estimate of drug-likeness (QED) is 0.911. The second kappa shape index (κ2) is 6.67. The number of rotatable bonds is 5. The summed E-state index contributed by atoms with van der Waals surface area (Å²) < 4.78 is 46.1. The third kappa shape index (κ3) is 4.21. The monoisotopic (exact) mass is 329 g/mol. The van der Waals surface area contributed by atoms with E-state index in [1.54, 1.807) is 18.2 Å². The molecule has 0 aliphatic heterocycles. The number of aryl methyl sites for hydroxylation is 1. The molecule has 0 saturated heterocycles. The second-order valence-electron chi connectivity index (χ2n) is 4.72. The Labute approximate surface area is 129 Å². The SMILES string of the molecule is COc1ccc(C)cc1C(=O)NCCc1noc(C(F)(F)F)n1. The van der Waals surface area contributed by atoms with Gasteiger partial charge in [-0.05, 0) is 19.1 Å². The number of aromatic nitrogens is 2. The van der Waals surface area contributed by atoms with Crippen molar-refractivity contribution < 1.29 is 27.2 Å². The van der Waals surface area contributed by atoms with Gasteiger partial charge in [0, 0.05) is 13.0 Å². The molecule has 9 heteroatoms. The van der Waals surface area contributed by atoms with Crippen LogP contribution in [0.1, 0.15) is 27.6 Å². The van der Waals surface area contributed by atoms with E-state index in [1.165, 1.54) is 7.11 Å². The van der Waals surface area contributed by atoms with Gasteiger partial charge in [-0.1, -0.05) is 16.8 Å². The van der Waals surface area contributed by atoms with E-state index in [1.807, 2.05) is 6.92 Å². The maximum absolute atomic E-state index is 12.3. The van der Waals surface area contributed by atoms with E-state index in [0.717, 1.165) is 5.56 Å². The molecule has 2 rings (SSSR count). The van der Waals surface area contributed by atoms with Gasteiger partial charge in [-0.3, -0.25) is 4.79 Å². The standard InChI is InChI=1S/C14H14F3N3O3/c1-8-3-4-10(22-2)9(7-8)12(21)18-6-5-11-19-13(23-20-11)14(15,16)17/h3-4,7H,5-6H2,1-2H3,(H,18,21). The van der Waals surface area contributed by atoms with Crippen LogP contribution in [0.15, 0.2) is 22.7 Å². The van der Waals surface area contributed by atoms with Crippen molar-refractivity contribution in [3.05, 3.63) is 41.0 Å². The van der Waals surface area contributed by atoms with Crippen molar-refractivity contribution in [2.24, 2.45) is 0 Å². The van der Waals surface area contributed by atoms with Crippen LogP contribution in [0.5, 0.6) is 5.75 Å². The first-order valence-electron chi connectivity index (χ1n) is 6.64. The molecule has 0 unspecified atom stereocenters. The summed E-state index contributed by atoms with van der Waals surface area (Å²) in [4.78, 5) is 15.3. The van der Waals surface area contributed by atoms with E-state index in [9.17, 15) is 18.0 Å². The Balaban J connectivity index is 1.95. The van der Waals surface area contributed by atoms with E-state index >= 15 is 0 Å². The smallest absolute Gasteiger partial charge is 0.471 e. The summed E-state index contributed by atoms with van der Waals surface area (Å²) >= 11 is 0. The number of nitrogens with one attached hydrogen (secondary N) is 1. The highest BCUT2D eigenvalue weighted by Gasteiger charge is 2.38. The van der Waals surface area contributed by atoms with Gasteiger partial charge in [0.2, 0.25) is 0 Å². The Bertz CT molecular complexity index is 698. The van der Waals surface area contributed by atoms with Gasteiger partial charge in [0.05, 0.1) is 12.7 Å². The van der Waals surface area contributed by atoms with Crippen LogP contribution >= 0.6 is 0 Å². The minimum absolute atomic E-state index is 0.0133. The van der Waals surface area contributed by atoms with Crippen molar-refractivity contribution in [2.75, 3.05) is 13.7 Å². The Morgan fingerprint density at radius 2 is 2.13 bits per heavy atom. The zero-order chi connectivity index (χ0) is 17.0. The van der Waals surface area contributed by atoms with Crippen LogP contribution in [-0.2, 0) is 12.6 Å². The molecule has 2 aromatic rings. The highest BCUT2D eigenvalue weighted by molar-refractivity contribution is 5.97. The number of benzene rings is 1. The molecule has 23 heavy (non-hydrogen) atoms. The summed E-state index contributed by atoms with van der Waals surface area (Å²) in [5.41, 5.74) is 1.22. The highest BCUT2D eigenvalue weighted by atomic mass is 19.4. The van der Waals surface area contributed by atoms with Crippen LogP contribution in [0.3, 0.4) is 0 Å². The second-order valence-corrected chi connectivity index (χ2v) is 4.72. The maximum Gasteiger partial charge on any atom is 0.471 e. The van der Waals surface area contributed by atoms with Gasteiger partial charge in [0.1, 0.15) is 5.75 Å². The number of hydrogen-bond acceptors (Lipinski definition) is 5. The minimum atomic E-state index is -4.68. The zero-order valence-electron chi connectivity index (χ0n) is 12.4. The fourth-order valence-corrected chi connectivity index (χ4v) is 1.85. The van der Waals surface area contributed by atoms with Crippen LogP contribution in [-0.4, -0.2) is 29.7 Å². The Hall–Kier alpha value is -2.58. The van der Waals surface area contributed by atoms with E-state index in [0.29, 0.717) is 11.3 Å². The van der Waals surface area contributed by atoms with Crippen molar-refractivity contribution in [2.45, 2.75) is 19.5 Å². The van der Waals surface area contributed by atoms with Gasteiger partial charge >= 0.3 is 12.1 Å². The van der Waals surface area contributed by atoms with E-state index in [2.05, 4.69) is 20.0 Å². The average Bonchev–Trinajstić information content (AvgIpc) is 2.96. The maximum atomic E-state index is 12.3. The van der Waals surface area contributed by atoms with Crippen molar-refractivity contribution in [1.82, 2.24) is 15.5 Å². The summed E-state index contributed by atoms with van der Waals surface area (Å²) in [6.45, 7) is 1.89. The predicted molar refractivity (Wildman–Crippen MR) is 73.1 cm³/mol. The first-order valence-corrected chi connectivity index (χ1v) is 6.64. The summed E-state index contributed by atoms with van der Waals surface area (Å²) in [6, 6.07) is 5.12. The molecule has 0 saturated carbocycles. The largest absolute Gasteiger partial charge is 0.496 e. The number of hydrogen-bond donors (Lipinski definition) is 1. The van der Waals surface area contributed by atoms with Crippen LogP contribution in [0.2, 0.25) is 0 Å². The molecule has 124 valence electrons. The molecule has 1 amide bonds. The summed E-state index contributed by atoms with van der Waals surface area (Å²) in [7, 11) is 1.44. The number of halogens is 3. The Morgan fingerprint density at radius 3 is 2.74 bits per heavy atom. The molecule has 0 aliphatic carbocycles. The minimum Gasteiger partial charge on any atom is -0.496 e. The van der Waals surface area contributed by atoms with Gasteiger partial charge in [-0.25, -0.2) is 0 Å². The molecule has 1 heterocycles. The molecular formula is C14H14F3N3O3. The fourth-order valence-electron chi connectivity index (χ4n) is 1.85. The number of nitrogens with zero attached hydrogens (tertiary/aromatic N) is 2. The lowest BCUT2D eigenvalue weighted by molar-refractivity contribution is -0.159. The molecule has 1 N–H and O–H groups in total. The van der Waals surface area contributed by atoms with E-state index in [-0.39, 0.29) is 18.8 Å². The van der Waals surface area contributed by atoms with Gasteiger partial charge in [0.15, 0.2) is 5.82 Å². The topological polar surface area (TPSA) is 77.2 Å².